The van der Waals surface area contributed by atoms with Crippen LogP contribution in [-0.4, -0.2) is 33.7 Å². The first-order valence-corrected chi connectivity index (χ1v) is 6.09. The molecule has 0 fully saturated rings. The highest BCUT2D eigenvalue weighted by Gasteiger charge is 2.17. The number of carboxylic acid groups (broad SMARTS) is 1. The van der Waals surface area contributed by atoms with Crippen LogP contribution in [-0.2, 0) is 4.79 Å². The summed E-state index contributed by atoms with van der Waals surface area (Å²) in [7, 11) is 0. The summed E-state index contributed by atoms with van der Waals surface area (Å²) >= 11 is 0. The number of hydrogen-bond donors (Lipinski definition) is 3. The van der Waals surface area contributed by atoms with Crippen LogP contribution >= 0.6 is 0 Å². The van der Waals surface area contributed by atoms with Crippen LogP contribution in [0.15, 0.2) is 24.3 Å². The second-order valence-corrected chi connectivity index (χ2v) is 4.89. The van der Waals surface area contributed by atoms with Crippen molar-refractivity contribution in [2.45, 2.75) is 32.4 Å². The molecule has 0 saturated heterocycles. The molecule has 106 valence electrons. The van der Waals surface area contributed by atoms with E-state index in [2.05, 4.69) is 17.2 Å². The van der Waals surface area contributed by atoms with E-state index in [4.69, 9.17) is 5.11 Å². The molecular weight excluding hydrogens is 258 g/mol. The molecule has 0 spiro atoms. The monoisotopic (exact) mass is 275 g/mol. The number of carbonyl (C=O) groups is 2. The smallest absolute Gasteiger partial charge is 0.325 e. The second-order valence-electron chi connectivity index (χ2n) is 4.89. The van der Waals surface area contributed by atoms with Crippen molar-refractivity contribution in [2.75, 3.05) is 0 Å². The van der Waals surface area contributed by atoms with Crippen LogP contribution in [0.1, 0.15) is 36.7 Å². The molecule has 0 saturated carbocycles. The normalized spacial score (nSPS) is 12.0. The Morgan fingerprint density at radius 1 is 1.30 bits per heavy atom. The maximum absolute atomic E-state index is 12.0. The van der Waals surface area contributed by atoms with Crippen LogP contribution in [0.3, 0.4) is 0 Å². The van der Waals surface area contributed by atoms with Gasteiger partial charge in [-0.2, -0.15) is 0 Å². The van der Waals surface area contributed by atoms with Gasteiger partial charge in [-0.3, -0.25) is 9.59 Å². The minimum absolute atomic E-state index is 0.275. The Morgan fingerprint density at radius 3 is 2.45 bits per heavy atom. The van der Waals surface area contributed by atoms with Gasteiger partial charge in [0.25, 0.3) is 5.91 Å². The van der Waals surface area contributed by atoms with E-state index in [1.807, 2.05) is 0 Å². The highest BCUT2D eigenvalue weighted by molar-refractivity contribution is 5.98. The van der Waals surface area contributed by atoms with Crippen molar-refractivity contribution in [3.8, 4) is 11.8 Å². The van der Waals surface area contributed by atoms with Crippen molar-refractivity contribution in [3.05, 3.63) is 35.4 Å². The summed E-state index contributed by atoms with van der Waals surface area (Å²) in [4.78, 5) is 22.7. The average molecular weight is 275 g/mol. The maximum atomic E-state index is 12.0. The molecule has 3 N–H and O–H groups in total. The van der Waals surface area contributed by atoms with Crippen LogP contribution in [0, 0.1) is 11.8 Å². The predicted octanol–water partition coefficient (Wildman–Crippen LogP) is 1.01. The van der Waals surface area contributed by atoms with E-state index in [9.17, 15) is 14.7 Å². The Labute approximate surface area is 117 Å². The summed E-state index contributed by atoms with van der Waals surface area (Å²) in [6.45, 7) is 4.45. The van der Waals surface area contributed by atoms with Crippen LogP contribution in [0.25, 0.3) is 0 Å². The number of aliphatic hydroxyl groups is 1. The second kappa shape index (κ2) is 6.22. The quantitative estimate of drug-likeness (QED) is 0.719. The van der Waals surface area contributed by atoms with E-state index in [-0.39, 0.29) is 5.56 Å². The van der Waals surface area contributed by atoms with Crippen molar-refractivity contribution >= 4 is 11.9 Å². The maximum Gasteiger partial charge on any atom is 0.325 e. The van der Waals surface area contributed by atoms with Gasteiger partial charge in [0.05, 0.1) is 5.56 Å². The van der Waals surface area contributed by atoms with E-state index in [0.29, 0.717) is 5.56 Å². The number of benzene rings is 1. The van der Waals surface area contributed by atoms with Gasteiger partial charge >= 0.3 is 5.97 Å². The minimum atomic E-state index is -1.17. The van der Waals surface area contributed by atoms with Gasteiger partial charge < -0.3 is 15.5 Å². The van der Waals surface area contributed by atoms with Crippen LogP contribution in [0.5, 0.6) is 0 Å². The van der Waals surface area contributed by atoms with Gasteiger partial charge in [-0.15, -0.1) is 0 Å². The summed E-state index contributed by atoms with van der Waals surface area (Å²) in [5, 5.41) is 20.7. The first kappa shape index (κ1) is 15.7. The molecule has 5 nitrogen and oxygen atoms in total. The van der Waals surface area contributed by atoms with Crippen molar-refractivity contribution in [3.63, 3.8) is 0 Å². The molecule has 0 radical (unpaired) electrons. The summed E-state index contributed by atoms with van der Waals surface area (Å²) in [5.41, 5.74) is -0.458. The Hall–Kier alpha value is -2.32. The summed E-state index contributed by atoms with van der Waals surface area (Å²) in [6, 6.07) is 5.58. The van der Waals surface area contributed by atoms with Crippen LogP contribution in [0.4, 0.5) is 0 Å². The SMILES string of the molecule is C[C@H](NC(=O)c1ccccc1C#CC(C)(C)O)C(=O)O. The van der Waals surface area contributed by atoms with Gasteiger partial charge in [-0.1, -0.05) is 24.0 Å². The fraction of sp³-hybridized carbons (Fsp3) is 0.333. The minimum Gasteiger partial charge on any atom is -0.480 e. The molecule has 1 atom stereocenters. The Kier molecular flexibility index (Phi) is 4.89. The third-order valence-electron chi connectivity index (χ3n) is 2.39. The zero-order chi connectivity index (χ0) is 15.3. The van der Waals surface area contributed by atoms with E-state index in [1.54, 1.807) is 24.3 Å². The van der Waals surface area contributed by atoms with Crippen molar-refractivity contribution in [1.29, 1.82) is 0 Å². The van der Waals surface area contributed by atoms with Crippen LogP contribution in [0.2, 0.25) is 0 Å². The standard InChI is InChI=1S/C15H17NO4/c1-10(14(18)19)16-13(17)12-7-5-4-6-11(12)8-9-15(2,3)20/h4-7,10,20H,1-3H3,(H,16,17)(H,18,19)/t10-/m0/s1. The molecule has 1 amide bonds. The molecule has 1 aromatic carbocycles. The number of amides is 1. The molecule has 0 unspecified atom stereocenters. The molecule has 0 aromatic heterocycles. The first-order chi connectivity index (χ1) is 9.20. The molecular formula is C15H17NO4. The number of rotatable bonds is 3. The molecule has 0 aliphatic heterocycles. The number of nitrogens with one attached hydrogen (secondary N) is 1. The Balaban J connectivity index is 3.04. The lowest BCUT2D eigenvalue weighted by Crippen LogP contribution is -2.38. The molecule has 1 rings (SSSR count). The topological polar surface area (TPSA) is 86.6 Å². The summed E-state index contributed by atoms with van der Waals surface area (Å²) in [6.07, 6.45) is 0. The number of carbonyl (C=O) groups excluding carboxylic acids is 1. The van der Waals surface area contributed by atoms with Crippen molar-refractivity contribution in [1.82, 2.24) is 5.32 Å². The fourth-order valence-corrected chi connectivity index (χ4v) is 1.35. The summed E-state index contributed by atoms with van der Waals surface area (Å²) in [5.74, 6) is 3.72. The Morgan fingerprint density at radius 2 is 1.90 bits per heavy atom. The lowest BCUT2D eigenvalue weighted by atomic mass is 10.0. The molecule has 1 aromatic rings. The molecule has 20 heavy (non-hydrogen) atoms. The number of carboxylic acids is 1. The molecule has 0 bridgehead atoms. The molecule has 0 aliphatic carbocycles. The fourth-order valence-electron chi connectivity index (χ4n) is 1.35. The lowest BCUT2D eigenvalue weighted by molar-refractivity contribution is -0.138. The van der Waals surface area contributed by atoms with E-state index < -0.39 is 23.5 Å². The third-order valence-corrected chi connectivity index (χ3v) is 2.39. The first-order valence-electron chi connectivity index (χ1n) is 6.09. The number of aliphatic carboxylic acids is 1. The van der Waals surface area contributed by atoms with E-state index in [0.717, 1.165) is 0 Å². The zero-order valence-electron chi connectivity index (χ0n) is 11.6. The Bertz CT molecular complexity index is 576. The highest BCUT2D eigenvalue weighted by Crippen LogP contribution is 2.09. The van der Waals surface area contributed by atoms with Gasteiger partial charge in [0.1, 0.15) is 11.6 Å². The van der Waals surface area contributed by atoms with Gasteiger partial charge in [-0.05, 0) is 32.9 Å². The van der Waals surface area contributed by atoms with Crippen molar-refractivity contribution in [2.24, 2.45) is 0 Å². The average Bonchev–Trinajstić information content (AvgIpc) is 2.35. The van der Waals surface area contributed by atoms with Gasteiger partial charge in [0.2, 0.25) is 0 Å². The highest BCUT2D eigenvalue weighted by atomic mass is 16.4. The number of hydrogen-bond acceptors (Lipinski definition) is 3. The van der Waals surface area contributed by atoms with Gasteiger partial charge in [-0.25, -0.2) is 0 Å². The summed E-state index contributed by atoms with van der Waals surface area (Å²) < 4.78 is 0. The van der Waals surface area contributed by atoms with Gasteiger partial charge in [0, 0.05) is 5.56 Å². The zero-order valence-corrected chi connectivity index (χ0v) is 11.6. The van der Waals surface area contributed by atoms with E-state index >= 15 is 0 Å². The molecule has 0 aliphatic rings. The molecule has 5 heteroatoms. The lowest BCUT2D eigenvalue weighted by Gasteiger charge is -2.11. The van der Waals surface area contributed by atoms with Gasteiger partial charge in [0.15, 0.2) is 0 Å². The van der Waals surface area contributed by atoms with E-state index in [1.165, 1.54) is 20.8 Å². The molecule has 0 heterocycles. The third kappa shape index (κ3) is 4.75. The largest absolute Gasteiger partial charge is 0.480 e. The predicted molar refractivity (Wildman–Crippen MR) is 74.2 cm³/mol. The van der Waals surface area contributed by atoms with Crippen molar-refractivity contribution < 1.29 is 19.8 Å². The van der Waals surface area contributed by atoms with Crippen LogP contribution < -0.4 is 5.32 Å².